The zero-order valence-corrected chi connectivity index (χ0v) is 7.73. The fourth-order valence-electron chi connectivity index (χ4n) is 2.12. The van der Waals surface area contributed by atoms with Crippen molar-refractivity contribution < 1.29 is 0 Å². The van der Waals surface area contributed by atoms with E-state index in [0.717, 1.165) is 5.41 Å². The summed E-state index contributed by atoms with van der Waals surface area (Å²) in [5, 5.41) is 0. The molecular formula is C7H12IN. The lowest BCUT2D eigenvalue weighted by Crippen LogP contribution is -2.49. The van der Waals surface area contributed by atoms with E-state index in [0.29, 0.717) is 0 Å². The van der Waals surface area contributed by atoms with Crippen LogP contribution >= 0.6 is 22.9 Å². The molecule has 1 saturated carbocycles. The lowest BCUT2D eigenvalue weighted by Gasteiger charge is -2.44. The van der Waals surface area contributed by atoms with E-state index in [1.54, 1.807) is 0 Å². The Bertz CT molecular complexity index is 110. The Morgan fingerprint density at radius 2 is 1.67 bits per heavy atom. The van der Waals surface area contributed by atoms with Crippen molar-refractivity contribution >= 4 is 22.9 Å². The zero-order valence-electron chi connectivity index (χ0n) is 5.57. The zero-order chi connectivity index (χ0) is 6.32. The first kappa shape index (κ1) is 6.40. The molecule has 0 aromatic heterocycles. The topological polar surface area (TPSA) is 3.24 Å². The number of hydrogen-bond donors (Lipinski definition) is 0. The molecule has 1 nitrogen and oxygen atoms in total. The summed E-state index contributed by atoms with van der Waals surface area (Å²) in [5.41, 5.74) is 0.807. The summed E-state index contributed by atoms with van der Waals surface area (Å²) in [6, 6.07) is 0. The van der Waals surface area contributed by atoms with Crippen molar-refractivity contribution in [3.05, 3.63) is 0 Å². The first-order valence-electron chi connectivity index (χ1n) is 3.72. The van der Waals surface area contributed by atoms with Gasteiger partial charge in [-0.05, 0) is 18.3 Å². The third-order valence-electron chi connectivity index (χ3n) is 2.68. The van der Waals surface area contributed by atoms with E-state index in [4.69, 9.17) is 0 Å². The van der Waals surface area contributed by atoms with Crippen molar-refractivity contribution in [2.24, 2.45) is 5.41 Å². The number of nitrogens with zero attached hydrogens (tertiary/aromatic N) is 1. The predicted octanol–water partition coefficient (Wildman–Crippen LogP) is 2.21. The molecule has 2 heteroatoms. The van der Waals surface area contributed by atoms with Crippen LogP contribution in [0.25, 0.3) is 0 Å². The molecule has 0 aromatic rings. The summed E-state index contributed by atoms with van der Waals surface area (Å²) in [5.74, 6) is 0. The van der Waals surface area contributed by atoms with E-state index in [2.05, 4.69) is 26.0 Å². The van der Waals surface area contributed by atoms with Crippen LogP contribution in [0.1, 0.15) is 25.7 Å². The molecule has 1 aliphatic carbocycles. The molecule has 0 aromatic carbocycles. The second kappa shape index (κ2) is 2.09. The van der Waals surface area contributed by atoms with Crippen LogP contribution in [-0.2, 0) is 0 Å². The maximum absolute atomic E-state index is 2.43. The molecule has 2 aliphatic rings. The molecular weight excluding hydrogens is 225 g/mol. The van der Waals surface area contributed by atoms with Gasteiger partial charge in [0, 0.05) is 36.0 Å². The van der Waals surface area contributed by atoms with Crippen molar-refractivity contribution in [3.8, 4) is 0 Å². The lowest BCUT2D eigenvalue weighted by atomic mass is 9.80. The molecule has 0 amide bonds. The number of hydrogen-bond acceptors (Lipinski definition) is 1. The highest BCUT2D eigenvalue weighted by atomic mass is 127. The lowest BCUT2D eigenvalue weighted by molar-refractivity contribution is 0.104. The van der Waals surface area contributed by atoms with E-state index in [1.807, 2.05) is 0 Å². The second-order valence-electron chi connectivity index (χ2n) is 3.49. The van der Waals surface area contributed by atoms with Gasteiger partial charge < -0.3 is 0 Å². The van der Waals surface area contributed by atoms with Crippen LogP contribution in [-0.4, -0.2) is 16.2 Å². The van der Waals surface area contributed by atoms with E-state index in [9.17, 15) is 0 Å². The molecule has 0 N–H and O–H groups in total. The van der Waals surface area contributed by atoms with E-state index >= 15 is 0 Å². The molecule has 1 spiro atoms. The fraction of sp³-hybridized carbons (Fsp3) is 1.00. The van der Waals surface area contributed by atoms with Gasteiger partial charge in [-0.1, -0.05) is 12.8 Å². The largest absolute Gasteiger partial charge is 0.246 e. The van der Waals surface area contributed by atoms with Gasteiger partial charge in [0.05, 0.1) is 0 Å². The van der Waals surface area contributed by atoms with Crippen LogP contribution in [0.4, 0.5) is 0 Å². The first-order chi connectivity index (χ1) is 4.31. The number of rotatable bonds is 0. The summed E-state index contributed by atoms with van der Waals surface area (Å²) in [6.45, 7) is 2.74. The molecule has 0 atom stereocenters. The normalized spacial score (nSPS) is 33.0. The van der Waals surface area contributed by atoms with Crippen molar-refractivity contribution in [2.75, 3.05) is 13.1 Å². The SMILES string of the molecule is IN1CC2(CCCC2)C1. The van der Waals surface area contributed by atoms with E-state index < -0.39 is 0 Å². The molecule has 2 fully saturated rings. The highest BCUT2D eigenvalue weighted by Gasteiger charge is 2.43. The van der Waals surface area contributed by atoms with Gasteiger partial charge in [-0.3, -0.25) is 0 Å². The van der Waals surface area contributed by atoms with Gasteiger partial charge in [-0.25, -0.2) is 3.11 Å². The molecule has 2 rings (SSSR count). The van der Waals surface area contributed by atoms with Crippen molar-refractivity contribution in [1.29, 1.82) is 0 Å². The Morgan fingerprint density at radius 1 is 1.11 bits per heavy atom. The maximum Gasteiger partial charge on any atom is 0.0201 e. The second-order valence-corrected chi connectivity index (χ2v) is 4.85. The summed E-state index contributed by atoms with van der Waals surface area (Å²) < 4.78 is 2.41. The monoisotopic (exact) mass is 237 g/mol. The van der Waals surface area contributed by atoms with E-state index in [1.165, 1.54) is 38.8 Å². The van der Waals surface area contributed by atoms with Gasteiger partial charge in [0.15, 0.2) is 0 Å². The van der Waals surface area contributed by atoms with Crippen LogP contribution in [0.15, 0.2) is 0 Å². The van der Waals surface area contributed by atoms with Gasteiger partial charge in [-0.2, -0.15) is 0 Å². The fourth-order valence-corrected chi connectivity index (χ4v) is 3.57. The summed E-state index contributed by atoms with van der Waals surface area (Å²) in [6.07, 6.45) is 5.99. The third kappa shape index (κ3) is 1.00. The van der Waals surface area contributed by atoms with Crippen LogP contribution < -0.4 is 0 Å². The smallest absolute Gasteiger partial charge is 0.0201 e. The van der Waals surface area contributed by atoms with E-state index in [-0.39, 0.29) is 0 Å². The van der Waals surface area contributed by atoms with Crippen LogP contribution in [0.3, 0.4) is 0 Å². The summed E-state index contributed by atoms with van der Waals surface area (Å²) in [4.78, 5) is 0. The summed E-state index contributed by atoms with van der Waals surface area (Å²) in [7, 11) is 0. The van der Waals surface area contributed by atoms with Gasteiger partial charge in [0.2, 0.25) is 0 Å². The minimum Gasteiger partial charge on any atom is -0.246 e. The van der Waals surface area contributed by atoms with Crippen molar-refractivity contribution in [3.63, 3.8) is 0 Å². The predicted molar refractivity (Wildman–Crippen MR) is 46.5 cm³/mol. The van der Waals surface area contributed by atoms with Crippen molar-refractivity contribution in [1.82, 2.24) is 3.11 Å². The molecule has 52 valence electrons. The average molecular weight is 237 g/mol. The molecule has 1 saturated heterocycles. The van der Waals surface area contributed by atoms with Gasteiger partial charge in [0.1, 0.15) is 0 Å². The molecule has 9 heavy (non-hydrogen) atoms. The van der Waals surface area contributed by atoms with Crippen LogP contribution in [0, 0.1) is 5.41 Å². The van der Waals surface area contributed by atoms with Gasteiger partial charge in [0.25, 0.3) is 0 Å². The van der Waals surface area contributed by atoms with Crippen molar-refractivity contribution in [2.45, 2.75) is 25.7 Å². The Kier molecular flexibility index (Phi) is 1.49. The standard InChI is InChI=1S/C7H12IN/c8-9-5-7(6-9)3-1-2-4-7/h1-6H2. The molecule has 0 bridgehead atoms. The molecule has 0 unspecified atom stereocenters. The highest BCUT2D eigenvalue weighted by molar-refractivity contribution is 14.1. The third-order valence-corrected chi connectivity index (χ3v) is 3.36. The number of halogens is 1. The Labute approximate surface area is 70.3 Å². The van der Waals surface area contributed by atoms with Crippen LogP contribution in [0.2, 0.25) is 0 Å². The minimum atomic E-state index is 0.807. The Balaban J connectivity index is 1.95. The minimum absolute atomic E-state index is 0.807. The maximum atomic E-state index is 2.43. The summed E-state index contributed by atoms with van der Waals surface area (Å²) >= 11 is 2.43. The van der Waals surface area contributed by atoms with Gasteiger partial charge in [-0.15, -0.1) is 0 Å². The molecule has 0 radical (unpaired) electrons. The van der Waals surface area contributed by atoms with Gasteiger partial charge >= 0.3 is 0 Å². The Morgan fingerprint density at radius 3 is 2.11 bits per heavy atom. The molecule has 1 heterocycles. The quantitative estimate of drug-likeness (QED) is 0.461. The highest BCUT2D eigenvalue weighted by Crippen LogP contribution is 2.46. The first-order valence-corrected chi connectivity index (χ1v) is 4.68. The van der Waals surface area contributed by atoms with Crippen LogP contribution in [0.5, 0.6) is 0 Å². The molecule has 1 aliphatic heterocycles. The Hall–Kier alpha value is 0.690. The average Bonchev–Trinajstić information content (AvgIpc) is 2.12.